The maximum Gasteiger partial charge on any atom is 0.261 e. The number of ether oxygens (including phenoxy) is 1. The van der Waals surface area contributed by atoms with Crippen molar-refractivity contribution in [1.29, 1.82) is 0 Å². The Morgan fingerprint density at radius 3 is 2.86 bits per heavy atom. The van der Waals surface area contributed by atoms with Crippen LogP contribution in [0.5, 0.6) is 5.75 Å². The normalized spacial score (nSPS) is 10.7. The molecule has 2 rings (SSSR count). The van der Waals surface area contributed by atoms with Crippen molar-refractivity contribution in [3.8, 4) is 5.75 Å². The minimum absolute atomic E-state index is 0.240. The quantitative estimate of drug-likeness (QED) is 0.649. The number of nitrogens with one attached hydrogen (secondary N) is 1. The minimum Gasteiger partial charge on any atom is -0.493 e. The molecule has 0 aliphatic rings. The van der Waals surface area contributed by atoms with Gasteiger partial charge in [0.2, 0.25) is 5.13 Å². The lowest BCUT2D eigenvalue weighted by Crippen LogP contribution is -2.13. The molecule has 5 nitrogen and oxygen atoms in total. The highest BCUT2D eigenvalue weighted by molar-refractivity contribution is 8.01. The standard InChI is InChI=1S/C14H17N3O2S2/c1-4-19-11-8-6-5-7-10(11)12(18)15-13-16-17-14(21-13)20-9(2)3/h5-9H,4H2,1-3H3,(H,15,16,18). The molecule has 1 N–H and O–H groups in total. The van der Waals surface area contributed by atoms with Crippen molar-refractivity contribution in [2.75, 3.05) is 11.9 Å². The van der Waals surface area contributed by atoms with Gasteiger partial charge in [-0.1, -0.05) is 49.1 Å². The van der Waals surface area contributed by atoms with Gasteiger partial charge >= 0.3 is 0 Å². The number of hydrogen-bond acceptors (Lipinski definition) is 6. The highest BCUT2D eigenvalue weighted by Gasteiger charge is 2.15. The van der Waals surface area contributed by atoms with Gasteiger partial charge in [-0.3, -0.25) is 10.1 Å². The Hall–Kier alpha value is -1.60. The van der Waals surface area contributed by atoms with E-state index < -0.39 is 0 Å². The van der Waals surface area contributed by atoms with Gasteiger partial charge in [0, 0.05) is 5.25 Å². The Bertz CT molecular complexity index is 614. The van der Waals surface area contributed by atoms with Gasteiger partial charge in [0.25, 0.3) is 5.91 Å². The summed E-state index contributed by atoms with van der Waals surface area (Å²) in [6, 6.07) is 7.14. The fraction of sp³-hybridized carbons (Fsp3) is 0.357. The predicted molar refractivity (Wildman–Crippen MR) is 86.5 cm³/mol. The molecule has 7 heteroatoms. The zero-order valence-electron chi connectivity index (χ0n) is 12.1. The van der Waals surface area contributed by atoms with Gasteiger partial charge in [0.1, 0.15) is 5.75 Å². The Morgan fingerprint density at radius 2 is 2.14 bits per heavy atom. The highest BCUT2D eigenvalue weighted by Crippen LogP contribution is 2.29. The van der Waals surface area contributed by atoms with Gasteiger partial charge in [0.15, 0.2) is 4.34 Å². The van der Waals surface area contributed by atoms with Gasteiger partial charge in [-0.15, -0.1) is 10.2 Å². The van der Waals surface area contributed by atoms with E-state index >= 15 is 0 Å². The van der Waals surface area contributed by atoms with Crippen LogP contribution in [-0.2, 0) is 0 Å². The largest absolute Gasteiger partial charge is 0.493 e. The van der Waals surface area contributed by atoms with E-state index in [-0.39, 0.29) is 5.91 Å². The van der Waals surface area contributed by atoms with E-state index in [4.69, 9.17) is 4.74 Å². The molecule has 0 aliphatic heterocycles. The van der Waals surface area contributed by atoms with Gasteiger partial charge in [-0.2, -0.15) is 0 Å². The number of thioether (sulfide) groups is 1. The molecular formula is C14H17N3O2S2. The molecule has 0 saturated carbocycles. The highest BCUT2D eigenvalue weighted by atomic mass is 32.2. The van der Waals surface area contributed by atoms with E-state index in [1.165, 1.54) is 11.3 Å². The number of anilines is 1. The van der Waals surface area contributed by atoms with Gasteiger partial charge in [-0.05, 0) is 19.1 Å². The molecule has 21 heavy (non-hydrogen) atoms. The molecule has 0 radical (unpaired) electrons. The Morgan fingerprint density at radius 1 is 1.38 bits per heavy atom. The van der Waals surface area contributed by atoms with E-state index in [0.29, 0.717) is 28.3 Å². The summed E-state index contributed by atoms with van der Waals surface area (Å²) in [4.78, 5) is 12.3. The minimum atomic E-state index is -0.240. The Balaban J connectivity index is 2.09. The summed E-state index contributed by atoms with van der Waals surface area (Å²) in [5, 5.41) is 11.7. The summed E-state index contributed by atoms with van der Waals surface area (Å²) in [7, 11) is 0. The first-order chi connectivity index (χ1) is 10.1. The van der Waals surface area contributed by atoms with Crippen LogP contribution in [0.25, 0.3) is 0 Å². The molecular weight excluding hydrogens is 306 g/mol. The average molecular weight is 323 g/mol. The smallest absolute Gasteiger partial charge is 0.261 e. The summed E-state index contributed by atoms with van der Waals surface area (Å²) in [5.74, 6) is 0.329. The van der Waals surface area contributed by atoms with E-state index in [1.807, 2.05) is 13.0 Å². The van der Waals surface area contributed by atoms with Crippen molar-refractivity contribution in [3.05, 3.63) is 29.8 Å². The number of carbonyl (C=O) groups is 1. The van der Waals surface area contributed by atoms with E-state index in [1.54, 1.807) is 30.0 Å². The summed E-state index contributed by atoms with van der Waals surface area (Å²) in [5.41, 5.74) is 0.493. The number of amides is 1. The molecule has 0 atom stereocenters. The van der Waals surface area contributed by atoms with Gasteiger partial charge in [-0.25, -0.2) is 0 Å². The van der Waals surface area contributed by atoms with Crippen LogP contribution >= 0.6 is 23.1 Å². The van der Waals surface area contributed by atoms with Crippen LogP contribution in [-0.4, -0.2) is 28.0 Å². The maximum absolute atomic E-state index is 12.3. The average Bonchev–Trinajstić information content (AvgIpc) is 2.86. The summed E-state index contributed by atoms with van der Waals surface area (Å²) < 4.78 is 6.30. The first-order valence-electron chi connectivity index (χ1n) is 6.63. The summed E-state index contributed by atoms with van der Waals surface area (Å²) >= 11 is 2.99. The van der Waals surface area contributed by atoms with Gasteiger partial charge in [0.05, 0.1) is 12.2 Å². The van der Waals surface area contributed by atoms with Crippen LogP contribution in [0.4, 0.5) is 5.13 Å². The van der Waals surface area contributed by atoms with E-state index in [2.05, 4.69) is 29.4 Å². The molecule has 0 saturated heterocycles. The van der Waals surface area contributed by atoms with Crippen molar-refractivity contribution in [2.24, 2.45) is 0 Å². The molecule has 0 unspecified atom stereocenters. The second kappa shape index (κ2) is 7.42. The molecule has 0 spiro atoms. The molecule has 1 heterocycles. The summed E-state index contributed by atoms with van der Waals surface area (Å²) in [6.45, 7) is 6.57. The number of benzene rings is 1. The fourth-order valence-corrected chi connectivity index (χ4v) is 3.58. The second-order valence-corrected chi connectivity index (χ2v) is 7.22. The third-order valence-corrected chi connectivity index (χ3v) is 4.32. The monoisotopic (exact) mass is 323 g/mol. The zero-order valence-corrected chi connectivity index (χ0v) is 13.8. The number of rotatable bonds is 6. The van der Waals surface area contributed by atoms with Crippen molar-refractivity contribution < 1.29 is 9.53 Å². The van der Waals surface area contributed by atoms with Crippen LogP contribution in [0.1, 0.15) is 31.1 Å². The fourth-order valence-electron chi connectivity index (χ4n) is 1.61. The van der Waals surface area contributed by atoms with Crippen LogP contribution in [0.3, 0.4) is 0 Å². The third-order valence-electron chi connectivity index (χ3n) is 2.39. The van der Waals surface area contributed by atoms with Crippen molar-refractivity contribution in [3.63, 3.8) is 0 Å². The lowest BCUT2D eigenvalue weighted by molar-refractivity contribution is 0.102. The number of hydrogen-bond donors (Lipinski definition) is 1. The predicted octanol–water partition coefficient (Wildman–Crippen LogP) is 3.69. The van der Waals surface area contributed by atoms with E-state index in [9.17, 15) is 4.79 Å². The van der Waals surface area contributed by atoms with Crippen LogP contribution in [0, 0.1) is 0 Å². The van der Waals surface area contributed by atoms with Crippen LogP contribution in [0.2, 0.25) is 0 Å². The lowest BCUT2D eigenvalue weighted by atomic mass is 10.2. The number of carbonyl (C=O) groups excluding carboxylic acids is 1. The first-order valence-corrected chi connectivity index (χ1v) is 8.33. The molecule has 1 aromatic carbocycles. The molecule has 0 bridgehead atoms. The number of nitrogens with zero attached hydrogens (tertiary/aromatic N) is 2. The van der Waals surface area contributed by atoms with Crippen molar-refractivity contribution in [1.82, 2.24) is 10.2 Å². The summed E-state index contributed by atoms with van der Waals surface area (Å²) in [6.07, 6.45) is 0. The Kier molecular flexibility index (Phi) is 5.58. The van der Waals surface area contributed by atoms with Crippen LogP contribution < -0.4 is 10.1 Å². The van der Waals surface area contributed by atoms with Crippen molar-refractivity contribution in [2.45, 2.75) is 30.4 Å². The number of para-hydroxylation sites is 1. The van der Waals surface area contributed by atoms with Gasteiger partial charge < -0.3 is 4.74 Å². The van der Waals surface area contributed by atoms with E-state index in [0.717, 1.165) is 4.34 Å². The Labute approximate surface area is 132 Å². The van der Waals surface area contributed by atoms with Crippen molar-refractivity contribution >= 4 is 34.1 Å². The molecule has 0 aliphatic carbocycles. The zero-order chi connectivity index (χ0) is 15.2. The second-order valence-electron chi connectivity index (χ2n) is 4.42. The molecule has 1 aromatic heterocycles. The molecule has 2 aromatic rings. The molecule has 112 valence electrons. The van der Waals surface area contributed by atoms with Crippen LogP contribution in [0.15, 0.2) is 28.6 Å². The molecule has 0 fully saturated rings. The lowest BCUT2D eigenvalue weighted by Gasteiger charge is -2.08. The topological polar surface area (TPSA) is 64.1 Å². The third kappa shape index (κ3) is 4.44. The SMILES string of the molecule is CCOc1ccccc1C(=O)Nc1nnc(SC(C)C)s1. The molecule has 1 amide bonds. The first kappa shape index (κ1) is 15.8. The number of aromatic nitrogens is 2. The maximum atomic E-state index is 12.3.